The molecule has 98 valence electrons. The lowest BCUT2D eigenvalue weighted by Gasteiger charge is -2.07. The minimum atomic E-state index is -0.573. The molecule has 1 heterocycles. The van der Waals surface area contributed by atoms with Gasteiger partial charge in [0.2, 0.25) is 0 Å². The maximum Gasteiger partial charge on any atom is 0.342 e. The summed E-state index contributed by atoms with van der Waals surface area (Å²) in [5.74, 6) is -0.666. The van der Waals surface area contributed by atoms with E-state index in [2.05, 4.69) is 4.98 Å². The first kappa shape index (κ1) is 13.4. The monoisotopic (exact) mass is 277 g/mol. The van der Waals surface area contributed by atoms with Gasteiger partial charge in [-0.15, -0.1) is 0 Å². The molecule has 0 atom stereocenters. The molecule has 0 saturated carbocycles. The second-order valence-corrected chi connectivity index (χ2v) is 4.47. The lowest BCUT2D eigenvalue weighted by molar-refractivity contribution is 0.0469. The molecule has 4 nitrogen and oxygen atoms in total. The summed E-state index contributed by atoms with van der Waals surface area (Å²) in [6.07, 6.45) is 1.53. The quantitative estimate of drug-likeness (QED) is 0.692. The lowest BCUT2D eigenvalue weighted by Crippen LogP contribution is -2.06. The Morgan fingerprint density at radius 1 is 1.37 bits per heavy atom. The van der Waals surface area contributed by atoms with Gasteiger partial charge in [-0.2, -0.15) is 0 Å². The fraction of sp³-hybridized carbons (Fsp3) is 0.143. The summed E-state index contributed by atoms with van der Waals surface area (Å²) in [6.45, 7) is 1.91. The Balaban J connectivity index is 2.05. The third-order valence-electron chi connectivity index (χ3n) is 2.53. The zero-order valence-electron chi connectivity index (χ0n) is 10.3. The fourth-order valence-corrected chi connectivity index (χ4v) is 1.64. The van der Waals surface area contributed by atoms with Gasteiger partial charge >= 0.3 is 5.97 Å². The van der Waals surface area contributed by atoms with Gasteiger partial charge in [0, 0.05) is 11.8 Å². The summed E-state index contributed by atoms with van der Waals surface area (Å²) in [7, 11) is 0. The van der Waals surface area contributed by atoms with Crippen LogP contribution in [0.5, 0.6) is 5.75 Å². The molecule has 0 aliphatic rings. The van der Waals surface area contributed by atoms with Gasteiger partial charge < -0.3 is 9.84 Å². The number of carbonyl (C=O) groups excluding carboxylic acids is 1. The molecule has 1 aromatic heterocycles. The first-order valence-corrected chi connectivity index (χ1v) is 6.01. The van der Waals surface area contributed by atoms with Crippen LogP contribution < -0.4 is 0 Å². The van der Waals surface area contributed by atoms with Gasteiger partial charge in [-0.1, -0.05) is 29.3 Å². The van der Waals surface area contributed by atoms with Crippen LogP contribution in [0.4, 0.5) is 0 Å². The van der Waals surface area contributed by atoms with Crippen molar-refractivity contribution in [3.05, 3.63) is 58.4 Å². The van der Waals surface area contributed by atoms with E-state index in [1.165, 1.54) is 12.3 Å². The summed E-state index contributed by atoms with van der Waals surface area (Å²) in [4.78, 5) is 15.7. The van der Waals surface area contributed by atoms with Gasteiger partial charge in [-0.3, -0.25) is 0 Å². The minimum Gasteiger partial charge on any atom is -0.507 e. The van der Waals surface area contributed by atoms with Crippen LogP contribution >= 0.6 is 11.6 Å². The van der Waals surface area contributed by atoms with E-state index in [0.29, 0.717) is 5.15 Å². The molecule has 0 fully saturated rings. The average molecular weight is 278 g/mol. The number of phenols is 1. The Hall–Kier alpha value is -2.07. The Labute approximate surface area is 115 Å². The molecule has 0 amide bonds. The van der Waals surface area contributed by atoms with Crippen molar-refractivity contribution in [1.82, 2.24) is 4.98 Å². The largest absolute Gasteiger partial charge is 0.507 e. The number of halogens is 1. The highest BCUT2D eigenvalue weighted by Crippen LogP contribution is 2.19. The average Bonchev–Trinajstić information content (AvgIpc) is 2.40. The van der Waals surface area contributed by atoms with Crippen molar-refractivity contribution in [2.75, 3.05) is 0 Å². The van der Waals surface area contributed by atoms with Gasteiger partial charge in [-0.25, -0.2) is 9.78 Å². The molecule has 2 rings (SSSR count). The Morgan fingerprint density at radius 3 is 2.84 bits per heavy atom. The van der Waals surface area contributed by atoms with Crippen molar-refractivity contribution in [2.24, 2.45) is 0 Å². The smallest absolute Gasteiger partial charge is 0.342 e. The van der Waals surface area contributed by atoms with E-state index in [1.807, 2.05) is 6.92 Å². The van der Waals surface area contributed by atoms with Gasteiger partial charge in [0.1, 0.15) is 23.1 Å². The molecule has 2 aromatic rings. The van der Waals surface area contributed by atoms with Crippen molar-refractivity contribution in [3.63, 3.8) is 0 Å². The second kappa shape index (κ2) is 5.71. The van der Waals surface area contributed by atoms with Crippen molar-refractivity contribution < 1.29 is 14.6 Å². The van der Waals surface area contributed by atoms with E-state index in [4.69, 9.17) is 16.3 Å². The highest BCUT2D eigenvalue weighted by atomic mass is 35.5. The number of phenolic OH excluding ortho intramolecular Hbond substituents is 1. The summed E-state index contributed by atoms with van der Waals surface area (Å²) < 4.78 is 5.11. The predicted molar refractivity (Wildman–Crippen MR) is 71.2 cm³/mol. The molecule has 0 bridgehead atoms. The molecular formula is C14H12ClNO3. The van der Waals surface area contributed by atoms with E-state index >= 15 is 0 Å². The molecule has 0 saturated heterocycles. The van der Waals surface area contributed by atoms with Crippen LogP contribution in [-0.2, 0) is 11.3 Å². The summed E-state index contributed by atoms with van der Waals surface area (Å²) in [5, 5.41) is 9.99. The number of esters is 1. The van der Waals surface area contributed by atoms with E-state index in [0.717, 1.165) is 11.1 Å². The van der Waals surface area contributed by atoms with Crippen molar-refractivity contribution in [2.45, 2.75) is 13.5 Å². The fourth-order valence-electron chi connectivity index (χ4n) is 1.53. The van der Waals surface area contributed by atoms with Crippen LogP contribution in [-0.4, -0.2) is 16.1 Å². The molecule has 1 aromatic carbocycles. The number of hydrogen-bond donors (Lipinski definition) is 1. The van der Waals surface area contributed by atoms with Crippen LogP contribution in [0.15, 0.2) is 36.5 Å². The third kappa shape index (κ3) is 3.45. The summed E-state index contributed by atoms with van der Waals surface area (Å²) in [5.41, 5.74) is 1.75. The van der Waals surface area contributed by atoms with Gasteiger partial charge in [0.25, 0.3) is 0 Å². The van der Waals surface area contributed by atoms with E-state index in [9.17, 15) is 9.90 Å². The zero-order chi connectivity index (χ0) is 13.8. The molecular weight excluding hydrogens is 266 g/mol. The molecule has 0 aliphatic heterocycles. The van der Waals surface area contributed by atoms with Crippen molar-refractivity contribution in [3.8, 4) is 5.75 Å². The lowest BCUT2D eigenvalue weighted by atomic mass is 10.1. The molecule has 19 heavy (non-hydrogen) atoms. The number of aromatic nitrogens is 1. The van der Waals surface area contributed by atoms with E-state index in [-0.39, 0.29) is 17.9 Å². The predicted octanol–water partition coefficient (Wildman–Crippen LogP) is 3.11. The molecule has 1 N–H and O–H groups in total. The second-order valence-electron chi connectivity index (χ2n) is 4.09. The number of carbonyl (C=O) groups is 1. The highest BCUT2D eigenvalue weighted by molar-refractivity contribution is 6.29. The topological polar surface area (TPSA) is 59.4 Å². The number of aryl methyl sites for hydroxylation is 1. The summed E-state index contributed by atoms with van der Waals surface area (Å²) in [6, 6.07) is 8.11. The Kier molecular flexibility index (Phi) is 4.02. The number of rotatable bonds is 3. The number of hydrogen-bond acceptors (Lipinski definition) is 4. The molecule has 0 unspecified atom stereocenters. The minimum absolute atomic E-state index is 0.0797. The van der Waals surface area contributed by atoms with Crippen LogP contribution in [0.1, 0.15) is 21.5 Å². The highest BCUT2D eigenvalue weighted by Gasteiger charge is 2.12. The first-order chi connectivity index (χ1) is 9.06. The van der Waals surface area contributed by atoms with E-state index < -0.39 is 5.97 Å². The van der Waals surface area contributed by atoms with E-state index in [1.54, 1.807) is 24.3 Å². The SMILES string of the molecule is Cc1ccc(O)c(C(=O)OCc2ccc(Cl)nc2)c1. The molecule has 0 spiro atoms. The number of nitrogens with zero attached hydrogens (tertiary/aromatic N) is 1. The normalized spacial score (nSPS) is 10.2. The number of ether oxygens (including phenoxy) is 1. The van der Waals surface area contributed by atoms with Gasteiger partial charge in [0.15, 0.2) is 0 Å². The maximum atomic E-state index is 11.8. The number of benzene rings is 1. The molecule has 5 heteroatoms. The zero-order valence-corrected chi connectivity index (χ0v) is 11.0. The van der Waals surface area contributed by atoms with Crippen LogP contribution in [0, 0.1) is 6.92 Å². The summed E-state index contributed by atoms with van der Waals surface area (Å²) >= 11 is 5.66. The van der Waals surface area contributed by atoms with Crippen LogP contribution in [0.2, 0.25) is 5.15 Å². The van der Waals surface area contributed by atoms with Crippen LogP contribution in [0.3, 0.4) is 0 Å². The Morgan fingerprint density at radius 2 is 2.16 bits per heavy atom. The van der Waals surface area contributed by atoms with Crippen LogP contribution in [0.25, 0.3) is 0 Å². The number of pyridine rings is 1. The first-order valence-electron chi connectivity index (χ1n) is 5.63. The standard InChI is InChI=1S/C14H12ClNO3/c1-9-2-4-12(17)11(6-9)14(18)19-8-10-3-5-13(15)16-7-10/h2-7,17H,8H2,1H3. The Bertz CT molecular complexity index is 596. The van der Waals surface area contributed by atoms with Gasteiger partial charge in [0.05, 0.1) is 0 Å². The van der Waals surface area contributed by atoms with Crippen molar-refractivity contribution >= 4 is 17.6 Å². The third-order valence-corrected chi connectivity index (χ3v) is 2.75. The van der Waals surface area contributed by atoms with Gasteiger partial charge in [-0.05, 0) is 25.1 Å². The molecule has 0 radical (unpaired) electrons. The number of aromatic hydroxyl groups is 1. The maximum absolute atomic E-state index is 11.8. The van der Waals surface area contributed by atoms with Crippen molar-refractivity contribution in [1.29, 1.82) is 0 Å². The molecule has 0 aliphatic carbocycles.